The number of hydrogen-bond donors (Lipinski definition) is 1. The fourth-order valence-corrected chi connectivity index (χ4v) is 3.78. The van der Waals surface area contributed by atoms with Crippen molar-refractivity contribution >= 4 is 0 Å². The molecule has 1 N–H and O–H groups in total. The lowest BCUT2D eigenvalue weighted by Crippen LogP contribution is -2.26. The van der Waals surface area contributed by atoms with Gasteiger partial charge in [-0.2, -0.15) is 0 Å². The Morgan fingerprint density at radius 1 is 0.645 bits per heavy atom. The van der Waals surface area contributed by atoms with Crippen LogP contribution in [0.15, 0.2) is 66.7 Å². The second-order valence-electron chi connectivity index (χ2n) is 7.36. The van der Waals surface area contributed by atoms with Gasteiger partial charge >= 0.3 is 0 Å². The molecule has 0 heterocycles. The van der Waals surface area contributed by atoms with E-state index in [0.29, 0.717) is 11.5 Å². The van der Waals surface area contributed by atoms with Crippen LogP contribution in [0.25, 0.3) is 0 Å². The first kappa shape index (κ1) is 22.5. The smallest absolute Gasteiger partial charge is 0.161 e. The third-order valence-corrected chi connectivity index (χ3v) is 5.57. The first-order chi connectivity index (χ1) is 15.1. The van der Waals surface area contributed by atoms with Crippen LogP contribution < -0.4 is 24.3 Å². The lowest BCUT2D eigenvalue weighted by atomic mass is 9.88. The minimum Gasteiger partial charge on any atom is -0.493 e. The number of methoxy groups -OCH3 is 4. The Morgan fingerprint density at radius 3 is 1.71 bits per heavy atom. The summed E-state index contributed by atoms with van der Waals surface area (Å²) in [6.45, 7) is 2.96. The van der Waals surface area contributed by atoms with E-state index in [0.717, 1.165) is 29.2 Å². The molecule has 3 rings (SSSR count). The van der Waals surface area contributed by atoms with E-state index in [-0.39, 0.29) is 12.0 Å². The highest BCUT2D eigenvalue weighted by atomic mass is 16.5. The molecule has 0 saturated carbocycles. The topological polar surface area (TPSA) is 49.0 Å². The maximum Gasteiger partial charge on any atom is 0.161 e. The molecule has 0 aliphatic heterocycles. The second-order valence-corrected chi connectivity index (χ2v) is 7.36. The monoisotopic (exact) mass is 421 g/mol. The van der Waals surface area contributed by atoms with E-state index in [4.69, 9.17) is 18.9 Å². The third kappa shape index (κ3) is 5.30. The maximum atomic E-state index is 5.55. The van der Waals surface area contributed by atoms with Crippen molar-refractivity contribution in [3.63, 3.8) is 0 Å². The van der Waals surface area contributed by atoms with Gasteiger partial charge in [0.2, 0.25) is 0 Å². The van der Waals surface area contributed by atoms with Crippen molar-refractivity contribution in [2.45, 2.75) is 25.4 Å². The third-order valence-electron chi connectivity index (χ3n) is 5.57. The van der Waals surface area contributed by atoms with Crippen LogP contribution >= 0.6 is 0 Å². The van der Waals surface area contributed by atoms with Gasteiger partial charge in [0.15, 0.2) is 23.0 Å². The molecule has 5 heteroatoms. The van der Waals surface area contributed by atoms with E-state index in [1.54, 1.807) is 28.4 Å². The lowest BCUT2D eigenvalue weighted by Gasteiger charge is -2.27. The van der Waals surface area contributed by atoms with Crippen molar-refractivity contribution in [3.8, 4) is 23.0 Å². The molecule has 0 aliphatic rings. The summed E-state index contributed by atoms with van der Waals surface area (Å²) in [6, 6.07) is 22.6. The van der Waals surface area contributed by atoms with Crippen molar-refractivity contribution in [2.75, 3.05) is 28.4 Å². The molecule has 0 amide bonds. The van der Waals surface area contributed by atoms with Gasteiger partial charge < -0.3 is 24.3 Å². The fourth-order valence-electron chi connectivity index (χ4n) is 3.78. The number of nitrogens with one attached hydrogen (secondary N) is 1. The molecule has 0 aliphatic carbocycles. The van der Waals surface area contributed by atoms with E-state index < -0.39 is 0 Å². The van der Waals surface area contributed by atoms with Crippen LogP contribution in [0.3, 0.4) is 0 Å². The van der Waals surface area contributed by atoms with Crippen LogP contribution in [0.4, 0.5) is 0 Å². The SMILES string of the molecule is COc1ccc([C@H](C)[C@@H](NCc2ccccc2)c2ccc(OC)c(OC)c2)cc1OC. The highest BCUT2D eigenvalue weighted by molar-refractivity contribution is 5.47. The van der Waals surface area contributed by atoms with E-state index in [1.807, 2.05) is 30.3 Å². The zero-order valence-corrected chi connectivity index (χ0v) is 18.8. The summed E-state index contributed by atoms with van der Waals surface area (Å²) >= 11 is 0. The van der Waals surface area contributed by atoms with Crippen molar-refractivity contribution in [2.24, 2.45) is 0 Å². The molecule has 3 aromatic rings. The van der Waals surface area contributed by atoms with Crippen LogP contribution in [0.5, 0.6) is 23.0 Å². The van der Waals surface area contributed by atoms with Gasteiger partial charge in [0.25, 0.3) is 0 Å². The second kappa shape index (κ2) is 10.7. The molecule has 0 aromatic heterocycles. The molecule has 31 heavy (non-hydrogen) atoms. The summed E-state index contributed by atoms with van der Waals surface area (Å²) < 4.78 is 21.9. The van der Waals surface area contributed by atoms with Crippen molar-refractivity contribution in [3.05, 3.63) is 83.4 Å². The van der Waals surface area contributed by atoms with Crippen LogP contribution in [-0.2, 0) is 6.54 Å². The first-order valence-corrected chi connectivity index (χ1v) is 10.3. The molecule has 0 fully saturated rings. The standard InChI is InChI=1S/C26H31NO4/c1-18(20-11-13-22(28-2)24(15-20)30-4)26(27-17-19-9-7-6-8-10-19)21-12-14-23(29-3)25(16-21)31-5/h6-16,18,26-27H,17H2,1-5H3/t18-,26+/m0/s1. The summed E-state index contributed by atoms with van der Waals surface area (Å²) in [7, 11) is 6.61. The predicted molar refractivity (Wildman–Crippen MR) is 124 cm³/mol. The molecule has 0 unspecified atom stereocenters. The number of rotatable bonds is 10. The van der Waals surface area contributed by atoms with Gasteiger partial charge in [-0.05, 0) is 41.0 Å². The van der Waals surface area contributed by atoms with E-state index in [1.165, 1.54) is 5.56 Å². The van der Waals surface area contributed by atoms with Gasteiger partial charge in [-0.15, -0.1) is 0 Å². The van der Waals surface area contributed by atoms with Gasteiger partial charge in [0, 0.05) is 18.5 Å². The molecule has 164 valence electrons. The molecule has 2 atom stereocenters. The van der Waals surface area contributed by atoms with Crippen LogP contribution in [-0.4, -0.2) is 28.4 Å². The van der Waals surface area contributed by atoms with Gasteiger partial charge in [-0.25, -0.2) is 0 Å². The predicted octanol–water partition coefficient (Wildman–Crippen LogP) is 5.36. The van der Waals surface area contributed by atoms with Crippen molar-refractivity contribution < 1.29 is 18.9 Å². The van der Waals surface area contributed by atoms with Crippen LogP contribution in [0.1, 0.15) is 35.6 Å². The molecule has 0 saturated heterocycles. The average molecular weight is 422 g/mol. The van der Waals surface area contributed by atoms with Crippen molar-refractivity contribution in [1.29, 1.82) is 0 Å². The fraction of sp³-hybridized carbons (Fsp3) is 0.308. The van der Waals surface area contributed by atoms with E-state index in [2.05, 4.69) is 48.6 Å². The zero-order chi connectivity index (χ0) is 22.2. The van der Waals surface area contributed by atoms with Gasteiger partial charge in [-0.3, -0.25) is 0 Å². The summed E-state index contributed by atoms with van der Waals surface area (Å²) in [4.78, 5) is 0. The molecule has 0 radical (unpaired) electrons. The molecule has 0 bridgehead atoms. The molecular weight excluding hydrogens is 390 g/mol. The Hall–Kier alpha value is -3.18. The Morgan fingerprint density at radius 2 is 1.16 bits per heavy atom. The minimum atomic E-state index is 0.0399. The summed E-state index contributed by atoms with van der Waals surface area (Å²) in [6.07, 6.45) is 0. The summed E-state index contributed by atoms with van der Waals surface area (Å²) in [5.74, 6) is 3.03. The zero-order valence-electron chi connectivity index (χ0n) is 18.8. The maximum absolute atomic E-state index is 5.55. The molecular formula is C26H31NO4. The minimum absolute atomic E-state index is 0.0399. The Bertz CT molecular complexity index is 974. The van der Waals surface area contributed by atoms with Gasteiger partial charge in [0.1, 0.15) is 0 Å². The summed E-state index contributed by atoms with van der Waals surface area (Å²) in [5, 5.41) is 3.74. The Kier molecular flexibility index (Phi) is 7.79. The average Bonchev–Trinajstić information content (AvgIpc) is 2.83. The van der Waals surface area contributed by atoms with Crippen LogP contribution in [0.2, 0.25) is 0 Å². The number of hydrogen-bond acceptors (Lipinski definition) is 5. The first-order valence-electron chi connectivity index (χ1n) is 10.3. The highest BCUT2D eigenvalue weighted by Crippen LogP contribution is 2.38. The Labute approximate surface area is 184 Å². The lowest BCUT2D eigenvalue weighted by molar-refractivity contribution is 0.352. The molecule has 3 aromatic carbocycles. The largest absolute Gasteiger partial charge is 0.493 e. The summed E-state index contributed by atoms with van der Waals surface area (Å²) in [5.41, 5.74) is 3.50. The van der Waals surface area contributed by atoms with Gasteiger partial charge in [0.05, 0.1) is 28.4 Å². The number of benzene rings is 3. The normalized spacial score (nSPS) is 12.7. The quantitative estimate of drug-likeness (QED) is 0.478. The highest BCUT2D eigenvalue weighted by Gasteiger charge is 2.23. The van der Waals surface area contributed by atoms with E-state index in [9.17, 15) is 0 Å². The van der Waals surface area contributed by atoms with Gasteiger partial charge in [-0.1, -0.05) is 49.4 Å². The number of ether oxygens (including phenoxy) is 4. The molecule has 0 spiro atoms. The van der Waals surface area contributed by atoms with Crippen LogP contribution in [0, 0.1) is 0 Å². The van der Waals surface area contributed by atoms with E-state index >= 15 is 0 Å². The van der Waals surface area contributed by atoms with Crippen molar-refractivity contribution in [1.82, 2.24) is 5.32 Å². The Balaban J connectivity index is 1.96. The molecule has 5 nitrogen and oxygen atoms in total.